The van der Waals surface area contributed by atoms with Crippen LogP contribution in [0.5, 0.6) is 0 Å². The maximum absolute atomic E-state index is 11.5. The van der Waals surface area contributed by atoms with E-state index in [-0.39, 0.29) is 11.8 Å². The number of nitrogens with one attached hydrogen (secondary N) is 1. The molecular formula is C12H13NO2. The molecule has 1 aromatic carbocycles. The van der Waals surface area contributed by atoms with Crippen LogP contribution in [0.4, 0.5) is 0 Å². The second-order valence-corrected chi connectivity index (χ2v) is 4.14. The molecule has 0 saturated carbocycles. The van der Waals surface area contributed by atoms with Gasteiger partial charge in [0.25, 0.3) is 11.8 Å². The van der Waals surface area contributed by atoms with Gasteiger partial charge in [-0.15, -0.1) is 0 Å². The predicted octanol–water partition coefficient (Wildman–Crippen LogP) is 2.00. The molecule has 2 rings (SSSR count). The Morgan fingerprint density at radius 3 is 2.40 bits per heavy atom. The van der Waals surface area contributed by atoms with Crippen molar-refractivity contribution < 1.29 is 9.59 Å². The zero-order chi connectivity index (χ0) is 11.2. The Balaban J connectivity index is 2.68. The maximum atomic E-state index is 11.5. The number of hydrogen-bond donors (Lipinski definition) is 1. The molecule has 1 N–H and O–H groups in total. The summed E-state index contributed by atoms with van der Waals surface area (Å²) in [6.07, 6.45) is 0. The fourth-order valence-corrected chi connectivity index (χ4v) is 2.07. The fraction of sp³-hybridized carbons (Fsp3) is 0.333. The first-order chi connectivity index (χ1) is 7.02. The zero-order valence-electron chi connectivity index (χ0n) is 9.05. The van der Waals surface area contributed by atoms with E-state index in [1.54, 1.807) is 6.07 Å². The molecule has 1 aliphatic rings. The third kappa shape index (κ3) is 1.35. The van der Waals surface area contributed by atoms with Gasteiger partial charge in [-0.05, 0) is 30.0 Å². The van der Waals surface area contributed by atoms with Gasteiger partial charge >= 0.3 is 0 Å². The van der Waals surface area contributed by atoms with Crippen LogP contribution in [0.15, 0.2) is 12.1 Å². The Morgan fingerprint density at radius 1 is 1.13 bits per heavy atom. The second kappa shape index (κ2) is 3.19. The Hall–Kier alpha value is -1.64. The molecule has 1 heterocycles. The van der Waals surface area contributed by atoms with Crippen molar-refractivity contribution in [3.8, 4) is 0 Å². The van der Waals surface area contributed by atoms with E-state index in [1.807, 2.05) is 13.0 Å². The van der Waals surface area contributed by atoms with Gasteiger partial charge in [0.05, 0.1) is 11.1 Å². The summed E-state index contributed by atoms with van der Waals surface area (Å²) in [7, 11) is 0. The van der Waals surface area contributed by atoms with Crippen LogP contribution in [-0.4, -0.2) is 11.8 Å². The van der Waals surface area contributed by atoms with Gasteiger partial charge in [0.1, 0.15) is 0 Å². The number of carbonyl (C=O) groups excluding carboxylic acids is 2. The Morgan fingerprint density at radius 2 is 1.80 bits per heavy atom. The van der Waals surface area contributed by atoms with Crippen LogP contribution in [0.2, 0.25) is 0 Å². The number of benzene rings is 1. The van der Waals surface area contributed by atoms with E-state index in [0.717, 1.165) is 11.1 Å². The van der Waals surface area contributed by atoms with Gasteiger partial charge in [0.2, 0.25) is 0 Å². The Kier molecular flexibility index (Phi) is 2.11. The summed E-state index contributed by atoms with van der Waals surface area (Å²) >= 11 is 0. The molecule has 0 atom stereocenters. The largest absolute Gasteiger partial charge is 0.288 e. The van der Waals surface area contributed by atoms with E-state index in [1.165, 1.54) is 0 Å². The van der Waals surface area contributed by atoms with Crippen molar-refractivity contribution in [1.29, 1.82) is 0 Å². The first kappa shape index (κ1) is 9.90. The van der Waals surface area contributed by atoms with Gasteiger partial charge in [-0.1, -0.05) is 19.9 Å². The lowest BCUT2D eigenvalue weighted by Crippen LogP contribution is -2.20. The molecule has 78 valence electrons. The number of fused-ring (bicyclic) bond motifs is 1. The molecule has 3 heteroatoms. The summed E-state index contributed by atoms with van der Waals surface area (Å²) in [6, 6.07) is 3.66. The lowest BCUT2D eigenvalue weighted by molar-refractivity contribution is 0.0879. The minimum absolute atomic E-state index is 0.269. The highest BCUT2D eigenvalue weighted by Crippen LogP contribution is 2.27. The first-order valence-corrected chi connectivity index (χ1v) is 5.01. The molecule has 3 nitrogen and oxygen atoms in total. The molecule has 0 radical (unpaired) electrons. The highest BCUT2D eigenvalue weighted by molar-refractivity contribution is 6.22. The zero-order valence-corrected chi connectivity index (χ0v) is 9.05. The monoisotopic (exact) mass is 203 g/mol. The molecule has 0 spiro atoms. The molecule has 0 fully saturated rings. The molecule has 0 unspecified atom stereocenters. The number of amides is 2. The van der Waals surface area contributed by atoms with Gasteiger partial charge in [-0.3, -0.25) is 14.9 Å². The molecular weight excluding hydrogens is 190 g/mol. The normalized spacial score (nSPS) is 14.4. The SMILES string of the molecule is Cc1c(C(C)C)ccc2c1C(=O)NC2=O. The first-order valence-electron chi connectivity index (χ1n) is 5.01. The number of hydrogen-bond acceptors (Lipinski definition) is 2. The lowest BCUT2D eigenvalue weighted by atomic mass is 9.92. The van der Waals surface area contributed by atoms with Crippen molar-refractivity contribution in [2.75, 3.05) is 0 Å². The average Bonchev–Trinajstić information content (AvgIpc) is 2.43. The summed E-state index contributed by atoms with van der Waals surface area (Å²) in [6.45, 7) is 6.04. The molecule has 0 bridgehead atoms. The van der Waals surface area contributed by atoms with Gasteiger partial charge in [-0.2, -0.15) is 0 Å². The molecule has 0 aromatic heterocycles. The van der Waals surface area contributed by atoms with Crippen LogP contribution >= 0.6 is 0 Å². The summed E-state index contributed by atoms with van der Waals surface area (Å²) < 4.78 is 0. The third-order valence-electron chi connectivity index (χ3n) is 2.83. The third-order valence-corrected chi connectivity index (χ3v) is 2.83. The van der Waals surface area contributed by atoms with Gasteiger partial charge in [-0.25, -0.2) is 0 Å². The minimum atomic E-state index is -0.284. The number of rotatable bonds is 1. The van der Waals surface area contributed by atoms with E-state index in [4.69, 9.17) is 0 Å². The van der Waals surface area contributed by atoms with Crippen molar-refractivity contribution in [3.63, 3.8) is 0 Å². The standard InChI is InChI=1S/C12H13NO2/c1-6(2)8-4-5-9-10(7(8)3)12(15)13-11(9)14/h4-6H,1-3H3,(H,13,14,15). The Labute approximate surface area is 88.5 Å². The number of imide groups is 1. The van der Waals surface area contributed by atoms with Gasteiger partial charge < -0.3 is 0 Å². The van der Waals surface area contributed by atoms with E-state index >= 15 is 0 Å². The van der Waals surface area contributed by atoms with Crippen LogP contribution in [0.25, 0.3) is 0 Å². The van der Waals surface area contributed by atoms with Crippen LogP contribution in [0, 0.1) is 6.92 Å². The molecule has 1 aromatic rings. The van der Waals surface area contributed by atoms with Crippen molar-refractivity contribution in [1.82, 2.24) is 5.32 Å². The highest BCUT2D eigenvalue weighted by atomic mass is 16.2. The van der Waals surface area contributed by atoms with Crippen LogP contribution in [-0.2, 0) is 0 Å². The summed E-state index contributed by atoms with van der Waals surface area (Å²) in [4.78, 5) is 22.9. The van der Waals surface area contributed by atoms with Gasteiger partial charge in [0, 0.05) is 0 Å². The van der Waals surface area contributed by atoms with E-state index in [2.05, 4.69) is 19.2 Å². The smallest absolute Gasteiger partial charge is 0.259 e. The van der Waals surface area contributed by atoms with E-state index in [9.17, 15) is 9.59 Å². The maximum Gasteiger partial charge on any atom is 0.259 e. The highest BCUT2D eigenvalue weighted by Gasteiger charge is 2.29. The fourth-order valence-electron chi connectivity index (χ4n) is 2.07. The van der Waals surface area contributed by atoms with E-state index < -0.39 is 0 Å². The minimum Gasteiger partial charge on any atom is -0.288 e. The van der Waals surface area contributed by atoms with Crippen LogP contribution in [0.3, 0.4) is 0 Å². The molecule has 0 aliphatic carbocycles. The Bertz CT molecular complexity index is 461. The summed E-state index contributed by atoms with van der Waals surface area (Å²) in [5.41, 5.74) is 3.09. The van der Waals surface area contributed by atoms with Crippen LogP contribution in [0.1, 0.15) is 51.6 Å². The lowest BCUT2D eigenvalue weighted by Gasteiger charge is -2.11. The van der Waals surface area contributed by atoms with Gasteiger partial charge in [0.15, 0.2) is 0 Å². The second-order valence-electron chi connectivity index (χ2n) is 4.14. The van der Waals surface area contributed by atoms with Crippen molar-refractivity contribution in [3.05, 3.63) is 34.4 Å². The summed E-state index contributed by atoms with van der Waals surface area (Å²) in [5, 5.41) is 2.31. The van der Waals surface area contributed by atoms with Crippen molar-refractivity contribution in [2.45, 2.75) is 26.7 Å². The molecule has 0 saturated heterocycles. The van der Waals surface area contributed by atoms with E-state index in [0.29, 0.717) is 17.0 Å². The molecule has 1 aliphatic heterocycles. The average molecular weight is 203 g/mol. The topological polar surface area (TPSA) is 46.2 Å². The summed E-state index contributed by atoms with van der Waals surface area (Å²) in [5.74, 6) is -0.192. The molecule has 15 heavy (non-hydrogen) atoms. The predicted molar refractivity (Wildman–Crippen MR) is 57.1 cm³/mol. The quantitative estimate of drug-likeness (QED) is 0.709. The van der Waals surface area contributed by atoms with Crippen molar-refractivity contribution in [2.24, 2.45) is 0 Å². The molecule has 2 amide bonds. The van der Waals surface area contributed by atoms with Crippen molar-refractivity contribution >= 4 is 11.8 Å². The number of carbonyl (C=O) groups is 2. The van der Waals surface area contributed by atoms with Crippen LogP contribution < -0.4 is 5.32 Å².